The van der Waals surface area contributed by atoms with E-state index in [1.807, 2.05) is 13.2 Å². The molecule has 2 aromatic rings. The van der Waals surface area contributed by atoms with Crippen LogP contribution in [0.4, 0.5) is 5.13 Å². The van der Waals surface area contributed by atoms with Crippen LogP contribution in [0, 0.1) is 6.92 Å². The van der Waals surface area contributed by atoms with Crippen LogP contribution in [0.5, 0.6) is 0 Å². The van der Waals surface area contributed by atoms with Crippen molar-refractivity contribution in [2.45, 2.75) is 20.0 Å². The molecule has 1 N–H and O–H groups in total. The van der Waals surface area contributed by atoms with Gasteiger partial charge in [-0.25, -0.2) is 4.98 Å². The monoisotopic (exact) mass is 261 g/mol. The number of hydrogen-bond donors (Lipinski definition) is 1. The zero-order chi connectivity index (χ0) is 13.0. The van der Waals surface area contributed by atoms with Crippen molar-refractivity contribution in [3.05, 3.63) is 46.5 Å². The Morgan fingerprint density at radius 2 is 2.00 bits per heavy atom. The molecule has 1 aromatic carbocycles. The van der Waals surface area contributed by atoms with Gasteiger partial charge in [-0.15, -0.1) is 11.3 Å². The maximum atomic E-state index is 4.45. The Balaban J connectivity index is 2.02. The number of rotatable bonds is 5. The normalized spacial score (nSPS) is 10.6. The zero-order valence-corrected chi connectivity index (χ0v) is 11.9. The number of hydrogen-bond acceptors (Lipinski definition) is 4. The molecule has 0 spiro atoms. The molecule has 0 atom stereocenters. The van der Waals surface area contributed by atoms with Crippen molar-refractivity contribution in [3.63, 3.8) is 0 Å². The van der Waals surface area contributed by atoms with E-state index >= 15 is 0 Å². The first-order chi connectivity index (χ1) is 8.69. The molecule has 2 rings (SSSR count). The number of thiazole rings is 1. The Kier molecular flexibility index (Phi) is 4.33. The van der Waals surface area contributed by atoms with Crippen molar-refractivity contribution in [1.29, 1.82) is 0 Å². The summed E-state index contributed by atoms with van der Waals surface area (Å²) in [5.41, 5.74) is 2.61. The lowest BCUT2D eigenvalue weighted by Crippen LogP contribution is -2.15. The molecular formula is C14H19N3S. The number of aryl methyl sites for hydroxylation is 1. The molecule has 0 radical (unpaired) electrons. The van der Waals surface area contributed by atoms with E-state index in [9.17, 15) is 0 Å². The van der Waals surface area contributed by atoms with Crippen molar-refractivity contribution >= 4 is 16.5 Å². The van der Waals surface area contributed by atoms with Gasteiger partial charge in [0.2, 0.25) is 0 Å². The molecule has 3 nitrogen and oxygen atoms in total. The molecule has 0 amide bonds. The lowest BCUT2D eigenvalue weighted by atomic mass is 10.1. The standard InChI is InChI=1S/C14H19N3S/c1-11-4-6-12(7-5-11)10-17(3)14-16-9-13(18-14)8-15-2/h4-7,9,15H,8,10H2,1-3H3. The van der Waals surface area contributed by atoms with E-state index in [0.717, 1.165) is 18.2 Å². The minimum Gasteiger partial charge on any atom is -0.347 e. The Bertz CT molecular complexity index is 490. The molecular weight excluding hydrogens is 242 g/mol. The summed E-state index contributed by atoms with van der Waals surface area (Å²) >= 11 is 1.74. The van der Waals surface area contributed by atoms with Crippen molar-refractivity contribution < 1.29 is 0 Å². The van der Waals surface area contributed by atoms with E-state index in [0.29, 0.717) is 0 Å². The Morgan fingerprint density at radius 3 is 2.67 bits per heavy atom. The molecule has 0 bridgehead atoms. The van der Waals surface area contributed by atoms with Crippen LogP contribution < -0.4 is 10.2 Å². The fourth-order valence-electron chi connectivity index (χ4n) is 1.76. The minimum atomic E-state index is 0.885. The van der Waals surface area contributed by atoms with E-state index in [1.165, 1.54) is 16.0 Å². The highest BCUT2D eigenvalue weighted by atomic mass is 32.1. The molecule has 0 aliphatic rings. The first kappa shape index (κ1) is 13.1. The van der Waals surface area contributed by atoms with Crippen LogP contribution >= 0.6 is 11.3 Å². The van der Waals surface area contributed by atoms with E-state index in [2.05, 4.69) is 53.4 Å². The van der Waals surface area contributed by atoms with Crippen LogP contribution in [0.2, 0.25) is 0 Å². The van der Waals surface area contributed by atoms with Gasteiger partial charge in [0, 0.05) is 31.2 Å². The molecule has 0 aliphatic heterocycles. The largest absolute Gasteiger partial charge is 0.347 e. The highest BCUT2D eigenvalue weighted by molar-refractivity contribution is 7.15. The van der Waals surface area contributed by atoms with Crippen LogP contribution in [0.15, 0.2) is 30.5 Å². The molecule has 0 unspecified atom stereocenters. The lowest BCUT2D eigenvalue weighted by molar-refractivity contribution is 0.829. The summed E-state index contributed by atoms with van der Waals surface area (Å²) in [6.45, 7) is 3.89. The second-order valence-electron chi connectivity index (χ2n) is 4.48. The first-order valence-electron chi connectivity index (χ1n) is 6.05. The highest BCUT2D eigenvalue weighted by Crippen LogP contribution is 2.22. The summed E-state index contributed by atoms with van der Waals surface area (Å²) in [5.74, 6) is 0. The summed E-state index contributed by atoms with van der Waals surface area (Å²) in [5, 5.41) is 4.21. The second kappa shape index (κ2) is 5.98. The van der Waals surface area contributed by atoms with Crippen LogP contribution in [0.3, 0.4) is 0 Å². The zero-order valence-electron chi connectivity index (χ0n) is 11.1. The smallest absolute Gasteiger partial charge is 0.185 e. The summed E-state index contributed by atoms with van der Waals surface area (Å²) in [6.07, 6.45) is 1.95. The van der Waals surface area contributed by atoms with Gasteiger partial charge in [-0.2, -0.15) is 0 Å². The quantitative estimate of drug-likeness (QED) is 0.897. The van der Waals surface area contributed by atoms with E-state index in [1.54, 1.807) is 11.3 Å². The van der Waals surface area contributed by atoms with Gasteiger partial charge in [-0.3, -0.25) is 0 Å². The summed E-state index contributed by atoms with van der Waals surface area (Å²) in [4.78, 5) is 7.91. The van der Waals surface area contributed by atoms with Crippen molar-refractivity contribution in [2.24, 2.45) is 0 Å². The fourth-order valence-corrected chi connectivity index (χ4v) is 2.65. The molecule has 96 valence electrons. The summed E-state index contributed by atoms with van der Waals surface area (Å²) in [6, 6.07) is 8.65. The number of benzene rings is 1. The maximum Gasteiger partial charge on any atom is 0.185 e. The molecule has 1 aromatic heterocycles. The third-order valence-electron chi connectivity index (χ3n) is 2.76. The number of nitrogens with zero attached hydrogens (tertiary/aromatic N) is 2. The van der Waals surface area contributed by atoms with Gasteiger partial charge in [0.1, 0.15) is 0 Å². The van der Waals surface area contributed by atoms with Gasteiger partial charge in [0.25, 0.3) is 0 Å². The molecule has 18 heavy (non-hydrogen) atoms. The molecule has 0 saturated carbocycles. The molecule has 0 fully saturated rings. The maximum absolute atomic E-state index is 4.45. The predicted octanol–water partition coefficient (Wildman–Crippen LogP) is 2.81. The van der Waals surface area contributed by atoms with E-state index < -0.39 is 0 Å². The van der Waals surface area contributed by atoms with Gasteiger partial charge in [-0.1, -0.05) is 29.8 Å². The fraction of sp³-hybridized carbons (Fsp3) is 0.357. The number of anilines is 1. The lowest BCUT2D eigenvalue weighted by Gasteiger charge is -2.15. The van der Waals surface area contributed by atoms with Crippen molar-refractivity contribution in [1.82, 2.24) is 10.3 Å². The van der Waals surface area contributed by atoms with E-state index in [4.69, 9.17) is 0 Å². The predicted molar refractivity (Wildman–Crippen MR) is 78.2 cm³/mol. The highest BCUT2D eigenvalue weighted by Gasteiger charge is 2.07. The molecule has 0 saturated heterocycles. The molecule has 4 heteroatoms. The topological polar surface area (TPSA) is 28.2 Å². The summed E-state index contributed by atoms with van der Waals surface area (Å²) in [7, 11) is 4.04. The SMILES string of the molecule is CNCc1cnc(N(C)Cc2ccc(C)cc2)s1. The number of aromatic nitrogens is 1. The van der Waals surface area contributed by atoms with Crippen LogP contribution in [0.1, 0.15) is 16.0 Å². The third-order valence-corrected chi connectivity index (χ3v) is 3.87. The Hall–Kier alpha value is -1.39. The Morgan fingerprint density at radius 1 is 1.28 bits per heavy atom. The summed E-state index contributed by atoms with van der Waals surface area (Å²) < 4.78 is 0. The average Bonchev–Trinajstić information content (AvgIpc) is 2.81. The first-order valence-corrected chi connectivity index (χ1v) is 6.86. The second-order valence-corrected chi connectivity index (χ2v) is 5.57. The average molecular weight is 261 g/mol. The van der Waals surface area contributed by atoms with Crippen molar-refractivity contribution in [3.8, 4) is 0 Å². The van der Waals surface area contributed by atoms with Gasteiger partial charge in [0.15, 0.2) is 5.13 Å². The Labute approximate surface area is 112 Å². The van der Waals surface area contributed by atoms with Gasteiger partial charge in [0.05, 0.1) is 0 Å². The number of nitrogens with one attached hydrogen (secondary N) is 1. The molecule has 0 aliphatic carbocycles. The minimum absolute atomic E-state index is 0.885. The van der Waals surface area contributed by atoms with Gasteiger partial charge in [-0.05, 0) is 19.5 Å². The van der Waals surface area contributed by atoms with Crippen molar-refractivity contribution in [2.75, 3.05) is 19.0 Å². The third kappa shape index (κ3) is 3.31. The van der Waals surface area contributed by atoms with Gasteiger partial charge >= 0.3 is 0 Å². The van der Waals surface area contributed by atoms with Crippen LogP contribution in [-0.4, -0.2) is 19.1 Å². The van der Waals surface area contributed by atoms with Crippen LogP contribution in [0.25, 0.3) is 0 Å². The molecule has 1 heterocycles. The van der Waals surface area contributed by atoms with Crippen LogP contribution in [-0.2, 0) is 13.1 Å². The van der Waals surface area contributed by atoms with Gasteiger partial charge < -0.3 is 10.2 Å². The van der Waals surface area contributed by atoms with E-state index in [-0.39, 0.29) is 0 Å².